The summed E-state index contributed by atoms with van der Waals surface area (Å²) < 4.78 is 1.02. The van der Waals surface area contributed by atoms with Gasteiger partial charge in [-0.1, -0.05) is 13.0 Å². The molecule has 0 spiro atoms. The minimum absolute atomic E-state index is 0.640. The summed E-state index contributed by atoms with van der Waals surface area (Å²) >= 11 is 3.58. The zero-order valence-electron chi connectivity index (χ0n) is 13.0. The Hall–Kier alpha value is -1.62. The molecule has 1 aromatic carbocycles. The van der Waals surface area contributed by atoms with Crippen molar-refractivity contribution in [2.24, 2.45) is 5.92 Å². The monoisotopic (exact) mass is 360 g/mol. The minimum Gasteiger partial charge on any atom is -0.356 e. The summed E-state index contributed by atoms with van der Waals surface area (Å²) in [5, 5.41) is 3.29. The lowest BCUT2D eigenvalue weighted by molar-refractivity contribution is 0.436. The average molecular weight is 361 g/mol. The molecule has 1 fully saturated rings. The number of benzene rings is 1. The van der Waals surface area contributed by atoms with Gasteiger partial charge in [-0.2, -0.15) is 4.98 Å². The molecular formula is C17H21BrN4. The van der Waals surface area contributed by atoms with E-state index in [1.807, 2.05) is 18.3 Å². The lowest BCUT2D eigenvalue weighted by Gasteiger charge is -2.31. The highest BCUT2D eigenvalue weighted by molar-refractivity contribution is 9.10. The van der Waals surface area contributed by atoms with Gasteiger partial charge in [0.05, 0.1) is 5.69 Å². The first-order valence-corrected chi connectivity index (χ1v) is 8.52. The van der Waals surface area contributed by atoms with E-state index >= 15 is 0 Å². The maximum atomic E-state index is 4.66. The average Bonchev–Trinajstić information content (AvgIpc) is 2.51. The van der Waals surface area contributed by atoms with Gasteiger partial charge in [0, 0.05) is 23.8 Å². The minimum atomic E-state index is 0.640. The van der Waals surface area contributed by atoms with Gasteiger partial charge in [0.25, 0.3) is 0 Å². The lowest BCUT2D eigenvalue weighted by atomic mass is 9.99. The molecule has 3 rings (SSSR count). The molecule has 0 atom stereocenters. The first-order chi connectivity index (χ1) is 10.6. The van der Waals surface area contributed by atoms with Gasteiger partial charge in [-0.25, -0.2) is 4.98 Å². The first kappa shape index (κ1) is 15.3. The van der Waals surface area contributed by atoms with E-state index in [1.54, 1.807) is 0 Å². The summed E-state index contributed by atoms with van der Waals surface area (Å²) in [7, 11) is 0. The second kappa shape index (κ2) is 6.65. The Morgan fingerprint density at radius 3 is 2.73 bits per heavy atom. The molecule has 0 bridgehead atoms. The number of anilines is 3. The Balaban J connectivity index is 1.76. The summed E-state index contributed by atoms with van der Waals surface area (Å²) in [5.74, 6) is 2.47. The van der Waals surface area contributed by atoms with E-state index in [2.05, 4.69) is 62.1 Å². The number of aromatic nitrogens is 2. The van der Waals surface area contributed by atoms with E-state index in [9.17, 15) is 0 Å². The maximum absolute atomic E-state index is 4.66. The highest BCUT2D eigenvalue weighted by Gasteiger charge is 2.17. The fourth-order valence-electron chi connectivity index (χ4n) is 2.67. The molecule has 0 aliphatic carbocycles. The third kappa shape index (κ3) is 3.58. The quantitative estimate of drug-likeness (QED) is 0.872. The zero-order chi connectivity index (χ0) is 15.5. The van der Waals surface area contributed by atoms with Crippen LogP contribution in [0.15, 0.2) is 34.9 Å². The first-order valence-electron chi connectivity index (χ1n) is 7.73. The second-order valence-electron chi connectivity index (χ2n) is 6.02. The van der Waals surface area contributed by atoms with Crippen molar-refractivity contribution in [3.8, 4) is 0 Å². The molecule has 0 amide bonds. The summed E-state index contributed by atoms with van der Waals surface area (Å²) in [4.78, 5) is 11.3. The smallest absolute Gasteiger partial charge is 0.229 e. The molecule has 2 aromatic rings. The molecule has 2 heterocycles. The largest absolute Gasteiger partial charge is 0.356 e. The molecule has 1 N–H and O–H groups in total. The Morgan fingerprint density at radius 1 is 1.23 bits per heavy atom. The van der Waals surface area contributed by atoms with E-state index in [-0.39, 0.29) is 0 Å². The number of hydrogen-bond donors (Lipinski definition) is 1. The summed E-state index contributed by atoms with van der Waals surface area (Å²) in [6.07, 6.45) is 4.29. The van der Waals surface area contributed by atoms with E-state index < -0.39 is 0 Å². The standard InChI is InChI=1S/C17H21BrN4/c1-12-6-9-22(10-7-12)16-5-8-19-17(21-16)20-15-4-3-13(2)11-14(15)18/h3-5,8,11-12H,6-7,9-10H2,1-2H3,(H,19,20,21). The Labute approximate surface area is 140 Å². The molecule has 0 radical (unpaired) electrons. The van der Waals surface area contributed by atoms with Crippen molar-refractivity contribution < 1.29 is 0 Å². The number of rotatable bonds is 3. The second-order valence-corrected chi connectivity index (χ2v) is 6.87. The number of piperidine rings is 1. The fourth-order valence-corrected chi connectivity index (χ4v) is 3.26. The van der Waals surface area contributed by atoms with Gasteiger partial charge in [0.2, 0.25) is 5.95 Å². The van der Waals surface area contributed by atoms with Gasteiger partial charge < -0.3 is 10.2 Å². The van der Waals surface area contributed by atoms with Crippen molar-refractivity contribution >= 4 is 33.4 Å². The molecule has 0 unspecified atom stereocenters. The van der Waals surface area contributed by atoms with Crippen LogP contribution in [-0.2, 0) is 0 Å². The Bertz CT molecular complexity index is 651. The number of nitrogens with zero attached hydrogens (tertiary/aromatic N) is 3. The molecule has 22 heavy (non-hydrogen) atoms. The van der Waals surface area contributed by atoms with Gasteiger partial charge >= 0.3 is 0 Å². The number of halogens is 1. The molecule has 1 saturated heterocycles. The lowest BCUT2D eigenvalue weighted by Crippen LogP contribution is -2.33. The summed E-state index contributed by atoms with van der Waals surface area (Å²) in [5.41, 5.74) is 2.20. The fraction of sp³-hybridized carbons (Fsp3) is 0.412. The van der Waals surface area contributed by atoms with Crippen LogP contribution in [0.4, 0.5) is 17.5 Å². The molecule has 1 aliphatic rings. The van der Waals surface area contributed by atoms with Crippen LogP contribution in [0, 0.1) is 12.8 Å². The van der Waals surface area contributed by atoms with Crippen molar-refractivity contribution in [2.75, 3.05) is 23.3 Å². The molecule has 1 aromatic heterocycles. The number of nitrogens with one attached hydrogen (secondary N) is 1. The van der Waals surface area contributed by atoms with Crippen molar-refractivity contribution in [2.45, 2.75) is 26.7 Å². The van der Waals surface area contributed by atoms with Gasteiger partial charge in [-0.3, -0.25) is 0 Å². The van der Waals surface area contributed by atoms with Crippen LogP contribution >= 0.6 is 15.9 Å². The normalized spacial score (nSPS) is 15.9. The van der Waals surface area contributed by atoms with Crippen molar-refractivity contribution in [1.82, 2.24) is 9.97 Å². The maximum Gasteiger partial charge on any atom is 0.229 e. The van der Waals surface area contributed by atoms with Gasteiger partial charge in [-0.05, 0) is 65.4 Å². The van der Waals surface area contributed by atoms with E-state index in [1.165, 1.54) is 18.4 Å². The van der Waals surface area contributed by atoms with E-state index in [0.29, 0.717) is 5.95 Å². The predicted molar refractivity (Wildman–Crippen MR) is 94.8 cm³/mol. The molecule has 1 aliphatic heterocycles. The number of aryl methyl sites for hydroxylation is 1. The van der Waals surface area contributed by atoms with Gasteiger partial charge in [-0.15, -0.1) is 0 Å². The van der Waals surface area contributed by atoms with Gasteiger partial charge in [0.1, 0.15) is 5.82 Å². The van der Waals surface area contributed by atoms with Gasteiger partial charge in [0.15, 0.2) is 0 Å². The molecule has 0 saturated carbocycles. The highest BCUT2D eigenvalue weighted by Crippen LogP contribution is 2.27. The topological polar surface area (TPSA) is 41.1 Å². The van der Waals surface area contributed by atoms with Crippen LogP contribution in [0.1, 0.15) is 25.3 Å². The van der Waals surface area contributed by atoms with Crippen molar-refractivity contribution in [3.63, 3.8) is 0 Å². The van der Waals surface area contributed by atoms with Crippen LogP contribution in [0.5, 0.6) is 0 Å². The van der Waals surface area contributed by atoms with Crippen LogP contribution < -0.4 is 10.2 Å². The van der Waals surface area contributed by atoms with E-state index in [0.717, 1.165) is 35.0 Å². The van der Waals surface area contributed by atoms with Crippen LogP contribution in [0.3, 0.4) is 0 Å². The molecule has 116 valence electrons. The predicted octanol–water partition coefficient (Wildman–Crippen LogP) is 4.53. The van der Waals surface area contributed by atoms with Crippen LogP contribution in [-0.4, -0.2) is 23.1 Å². The summed E-state index contributed by atoms with van der Waals surface area (Å²) in [6, 6.07) is 8.19. The third-order valence-corrected chi connectivity index (χ3v) is 4.78. The molecule has 5 heteroatoms. The highest BCUT2D eigenvalue weighted by atomic mass is 79.9. The Kier molecular flexibility index (Phi) is 4.62. The zero-order valence-corrected chi connectivity index (χ0v) is 14.6. The van der Waals surface area contributed by atoms with Crippen LogP contribution in [0.25, 0.3) is 0 Å². The van der Waals surface area contributed by atoms with E-state index in [4.69, 9.17) is 0 Å². The number of hydrogen-bond acceptors (Lipinski definition) is 4. The SMILES string of the molecule is Cc1ccc(Nc2nccc(N3CCC(C)CC3)n2)c(Br)c1. The van der Waals surface area contributed by atoms with Crippen molar-refractivity contribution in [3.05, 3.63) is 40.5 Å². The Morgan fingerprint density at radius 2 is 2.00 bits per heavy atom. The van der Waals surface area contributed by atoms with Crippen molar-refractivity contribution in [1.29, 1.82) is 0 Å². The van der Waals surface area contributed by atoms with Crippen LogP contribution in [0.2, 0.25) is 0 Å². The summed E-state index contributed by atoms with van der Waals surface area (Å²) in [6.45, 7) is 6.54. The molecular weight excluding hydrogens is 340 g/mol. The third-order valence-electron chi connectivity index (χ3n) is 4.12. The molecule has 4 nitrogen and oxygen atoms in total.